The topological polar surface area (TPSA) is 57.2 Å². The number of nitrogens with zero attached hydrogens (tertiary/aromatic N) is 3. The molecule has 0 spiro atoms. The molecular weight excluding hydrogens is 431 g/mol. The van der Waals surface area contributed by atoms with Gasteiger partial charge in [-0.2, -0.15) is 0 Å². The summed E-state index contributed by atoms with van der Waals surface area (Å²) in [6.07, 6.45) is 3.43. The molecule has 0 atom stereocenters. The largest absolute Gasteiger partial charge is 0.496 e. The smallest absolute Gasteiger partial charge is 0.241 e. The summed E-state index contributed by atoms with van der Waals surface area (Å²) in [7, 11) is 5.35. The molecule has 7 heteroatoms. The number of likely N-dealkylation sites (tertiary alicyclic amines) is 1. The zero-order chi connectivity index (χ0) is 17.4. The number of hydrogen-bond acceptors (Lipinski definition) is 3. The molecule has 1 aromatic rings. The number of nitrogens with one attached hydrogen (secondary N) is 1. The summed E-state index contributed by atoms with van der Waals surface area (Å²) in [5.74, 6) is 1.69. The van der Waals surface area contributed by atoms with E-state index < -0.39 is 0 Å². The molecule has 0 aromatic heterocycles. The highest BCUT2D eigenvalue weighted by Gasteiger charge is 2.17. The Balaban J connectivity index is 0.00000312. The Kier molecular flexibility index (Phi) is 9.62. The molecule has 1 saturated heterocycles. The second kappa shape index (κ2) is 11.2. The number of rotatable bonds is 5. The van der Waals surface area contributed by atoms with Crippen LogP contribution in [0.2, 0.25) is 0 Å². The Hall–Kier alpha value is -1.51. The molecule has 0 bridgehead atoms. The highest BCUT2D eigenvalue weighted by molar-refractivity contribution is 14.0. The fourth-order valence-corrected chi connectivity index (χ4v) is 2.96. The van der Waals surface area contributed by atoms with Crippen LogP contribution in [0, 0.1) is 0 Å². The van der Waals surface area contributed by atoms with Crippen LogP contribution in [0.4, 0.5) is 0 Å². The molecule has 140 valence electrons. The number of carbonyl (C=O) groups excluding carboxylic acids is 1. The van der Waals surface area contributed by atoms with Crippen molar-refractivity contribution in [1.29, 1.82) is 0 Å². The summed E-state index contributed by atoms with van der Waals surface area (Å²) < 4.78 is 5.39. The number of carbonyl (C=O) groups is 1. The molecule has 1 fully saturated rings. The van der Waals surface area contributed by atoms with Crippen molar-refractivity contribution in [2.24, 2.45) is 4.99 Å². The molecule has 6 nitrogen and oxygen atoms in total. The van der Waals surface area contributed by atoms with Crippen LogP contribution in [-0.2, 0) is 11.3 Å². The van der Waals surface area contributed by atoms with Crippen molar-refractivity contribution in [1.82, 2.24) is 15.1 Å². The van der Waals surface area contributed by atoms with Crippen molar-refractivity contribution < 1.29 is 9.53 Å². The molecule has 2 rings (SSSR count). The van der Waals surface area contributed by atoms with Gasteiger partial charge in [0, 0.05) is 39.3 Å². The first kappa shape index (κ1) is 21.5. The molecular formula is C18H29IN4O2. The number of methoxy groups -OCH3 is 1. The van der Waals surface area contributed by atoms with Gasteiger partial charge in [0.1, 0.15) is 5.75 Å². The molecule has 0 unspecified atom stereocenters. The molecule has 25 heavy (non-hydrogen) atoms. The van der Waals surface area contributed by atoms with Crippen LogP contribution in [0.1, 0.15) is 24.8 Å². The second-order valence-corrected chi connectivity index (χ2v) is 6.01. The maximum atomic E-state index is 12.3. The van der Waals surface area contributed by atoms with Gasteiger partial charge in [0.05, 0.1) is 13.7 Å². The van der Waals surface area contributed by atoms with E-state index in [2.05, 4.69) is 10.3 Å². The third-order valence-corrected chi connectivity index (χ3v) is 4.28. The maximum Gasteiger partial charge on any atom is 0.241 e. The van der Waals surface area contributed by atoms with E-state index in [1.165, 1.54) is 6.42 Å². The number of aliphatic imine (C=N–C) groups is 1. The summed E-state index contributed by atoms with van der Waals surface area (Å²) in [6, 6.07) is 7.91. The molecule has 0 saturated carbocycles. The molecule has 1 aliphatic heterocycles. The Bertz CT molecular complexity index is 574. The van der Waals surface area contributed by atoms with Gasteiger partial charge in [-0.25, -0.2) is 0 Å². The fourth-order valence-electron chi connectivity index (χ4n) is 2.96. The number of ether oxygens (including phenoxy) is 1. The lowest BCUT2D eigenvalue weighted by Crippen LogP contribution is -2.46. The quantitative estimate of drug-likeness (QED) is 0.417. The van der Waals surface area contributed by atoms with Crippen LogP contribution < -0.4 is 10.1 Å². The Labute approximate surface area is 167 Å². The molecule has 0 aliphatic carbocycles. The molecule has 1 aliphatic rings. The summed E-state index contributed by atoms with van der Waals surface area (Å²) in [4.78, 5) is 20.5. The first-order chi connectivity index (χ1) is 11.7. The summed E-state index contributed by atoms with van der Waals surface area (Å²) >= 11 is 0. The number of hydrogen-bond donors (Lipinski definition) is 1. The van der Waals surface area contributed by atoms with Gasteiger partial charge in [-0.3, -0.25) is 9.79 Å². The zero-order valence-electron chi connectivity index (χ0n) is 15.3. The second-order valence-electron chi connectivity index (χ2n) is 6.01. The number of amides is 1. The van der Waals surface area contributed by atoms with Crippen LogP contribution in [0.3, 0.4) is 0 Å². The Morgan fingerprint density at radius 3 is 2.60 bits per heavy atom. The lowest BCUT2D eigenvalue weighted by Gasteiger charge is -2.28. The van der Waals surface area contributed by atoms with E-state index in [1.807, 2.05) is 41.1 Å². The average molecular weight is 460 g/mol. The number of para-hydroxylation sites is 1. The van der Waals surface area contributed by atoms with Gasteiger partial charge in [-0.15, -0.1) is 24.0 Å². The van der Waals surface area contributed by atoms with Gasteiger partial charge in [0.15, 0.2) is 5.96 Å². The summed E-state index contributed by atoms with van der Waals surface area (Å²) in [5.41, 5.74) is 1.08. The predicted molar refractivity (Wildman–Crippen MR) is 112 cm³/mol. The van der Waals surface area contributed by atoms with E-state index in [-0.39, 0.29) is 36.4 Å². The fraction of sp³-hybridized carbons (Fsp3) is 0.556. The van der Waals surface area contributed by atoms with E-state index in [9.17, 15) is 4.79 Å². The van der Waals surface area contributed by atoms with Gasteiger partial charge >= 0.3 is 0 Å². The molecule has 1 aromatic carbocycles. The van der Waals surface area contributed by atoms with Crippen molar-refractivity contribution >= 4 is 35.8 Å². The minimum Gasteiger partial charge on any atom is -0.496 e. The summed E-state index contributed by atoms with van der Waals surface area (Å²) in [5, 5.41) is 3.17. The first-order valence-electron chi connectivity index (χ1n) is 8.47. The van der Waals surface area contributed by atoms with E-state index in [4.69, 9.17) is 4.74 Å². The van der Waals surface area contributed by atoms with Crippen LogP contribution >= 0.6 is 24.0 Å². The molecule has 1 N–H and O–H groups in total. The first-order valence-corrected chi connectivity index (χ1v) is 8.47. The van der Waals surface area contributed by atoms with Crippen molar-refractivity contribution in [3.63, 3.8) is 0 Å². The number of benzene rings is 1. The number of halogens is 1. The van der Waals surface area contributed by atoms with E-state index in [1.54, 1.807) is 14.2 Å². The van der Waals surface area contributed by atoms with Gasteiger partial charge < -0.3 is 19.9 Å². The van der Waals surface area contributed by atoms with Gasteiger partial charge in [-0.05, 0) is 25.3 Å². The predicted octanol–water partition coefficient (Wildman–Crippen LogP) is 2.33. The Morgan fingerprint density at radius 2 is 1.96 bits per heavy atom. The van der Waals surface area contributed by atoms with Crippen LogP contribution in [-0.4, -0.2) is 62.5 Å². The summed E-state index contributed by atoms with van der Waals surface area (Å²) in [6.45, 7) is 2.68. The van der Waals surface area contributed by atoms with E-state index >= 15 is 0 Å². The number of piperidine rings is 1. The highest BCUT2D eigenvalue weighted by Crippen LogP contribution is 2.18. The Morgan fingerprint density at radius 1 is 1.28 bits per heavy atom. The van der Waals surface area contributed by atoms with Crippen LogP contribution in [0.5, 0.6) is 5.75 Å². The van der Waals surface area contributed by atoms with Crippen molar-refractivity contribution in [2.45, 2.75) is 25.8 Å². The van der Waals surface area contributed by atoms with Crippen LogP contribution in [0.25, 0.3) is 0 Å². The van der Waals surface area contributed by atoms with Gasteiger partial charge in [0.2, 0.25) is 5.91 Å². The van der Waals surface area contributed by atoms with Crippen molar-refractivity contribution in [3.8, 4) is 5.75 Å². The van der Waals surface area contributed by atoms with Gasteiger partial charge in [0.25, 0.3) is 0 Å². The molecule has 1 heterocycles. The average Bonchev–Trinajstić information content (AvgIpc) is 2.63. The standard InChI is InChI=1S/C18H28N4O2.HI/c1-19-18(20-13-17(23)22-11-7-4-8-12-22)21(2)14-15-9-5-6-10-16(15)24-3;/h5-6,9-10H,4,7-8,11-14H2,1-3H3,(H,19,20);1H. The maximum absolute atomic E-state index is 12.3. The number of guanidine groups is 1. The third kappa shape index (κ3) is 6.37. The normalized spacial score (nSPS) is 14.5. The van der Waals surface area contributed by atoms with Crippen molar-refractivity contribution in [3.05, 3.63) is 29.8 Å². The van der Waals surface area contributed by atoms with E-state index in [0.717, 1.165) is 37.2 Å². The lowest BCUT2D eigenvalue weighted by molar-refractivity contribution is -0.130. The molecule has 0 radical (unpaired) electrons. The lowest BCUT2D eigenvalue weighted by atomic mass is 10.1. The molecule has 1 amide bonds. The van der Waals surface area contributed by atoms with Crippen LogP contribution in [0.15, 0.2) is 29.3 Å². The third-order valence-electron chi connectivity index (χ3n) is 4.28. The van der Waals surface area contributed by atoms with E-state index in [0.29, 0.717) is 12.5 Å². The van der Waals surface area contributed by atoms with Crippen molar-refractivity contribution in [2.75, 3.05) is 40.8 Å². The minimum atomic E-state index is 0. The zero-order valence-corrected chi connectivity index (χ0v) is 17.7. The monoisotopic (exact) mass is 460 g/mol. The van der Waals surface area contributed by atoms with Gasteiger partial charge in [-0.1, -0.05) is 18.2 Å². The minimum absolute atomic E-state index is 0. The highest BCUT2D eigenvalue weighted by atomic mass is 127. The SMILES string of the molecule is CN=C(NCC(=O)N1CCCCC1)N(C)Cc1ccccc1OC.I.